The molecule has 0 aromatic heterocycles. The first-order valence-electron chi connectivity index (χ1n) is 5.98. The SMILES string of the molecule is CCCC[SiH2]OC(OC(C)C)OC(C)C. The van der Waals surface area contributed by atoms with E-state index >= 15 is 0 Å². The van der Waals surface area contributed by atoms with Crippen molar-refractivity contribution in [2.75, 3.05) is 0 Å². The highest BCUT2D eigenvalue weighted by Gasteiger charge is 2.13. The van der Waals surface area contributed by atoms with E-state index in [1.165, 1.54) is 18.9 Å². The Labute approximate surface area is 96.4 Å². The second-order valence-electron chi connectivity index (χ2n) is 4.24. The van der Waals surface area contributed by atoms with Crippen molar-refractivity contribution >= 4 is 9.76 Å². The van der Waals surface area contributed by atoms with E-state index in [1.54, 1.807) is 0 Å². The van der Waals surface area contributed by atoms with E-state index in [0.717, 1.165) is 0 Å². The van der Waals surface area contributed by atoms with Crippen molar-refractivity contribution < 1.29 is 13.9 Å². The summed E-state index contributed by atoms with van der Waals surface area (Å²) in [5, 5.41) is 0. The molecule has 0 saturated heterocycles. The summed E-state index contributed by atoms with van der Waals surface area (Å²) in [5.41, 5.74) is 0. The lowest BCUT2D eigenvalue weighted by atomic mass is 10.4. The zero-order valence-corrected chi connectivity index (χ0v) is 12.2. The largest absolute Gasteiger partial charge is 0.379 e. The molecule has 15 heavy (non-hydrogen) atoms. The minimum atomic E-state index is -0.483. The molecule has 0 radical (unpaired) electrons. The molecule has 0 bridgehead atoms. The van der Waals surface area contributed by atoms with Crippen LogP contribution in [0.2, 0.25) is 6.04 Å². The maximum Gasteiger partial charge on any atom is 0.262 e. The molecule has 0 saturated carbocycles. The molecular weight excluding hydrogens is 208 g/mol. The van der Waals surface area contributed by atoms with Crippen molar-refractivity contribution in [1.82, 2.24) is 0 Å². The summed E-state index contributed by atoms with van der Waals surface area (Å²) in [6.45, 7) is 9.72. The Morgan fingerprint density at radius 3 is 1.93 bits per heavy atom. The molecule has 0 spiro atoms. The third-order valence-electron chi connectivity index (χ3n) is 1.77. The first-order valence-corrected chi connectivity index (χ1v) is 7.56. The molecule has 0 unspecified atom stereocenters. The van der Waals surface area contributed by atoms with Crippen molar-refractivity contribution in [2.45, 2.75) is 72.2 Å². The lowest BCUT2D eigenvalue weighted by Gasteiger charge is -2.23. The van der Waals surface area contributed by atoms with Gasteiger partial charge in [-0.1, -0.05) is 19.8 Å². The van der Waals surface area contributed by atoms with Gasteiger partial charge in [0, 0.05) is 0 Å². The summed E-state index contributed by atoms with van der Waals surface area (Å²) < 4.78 is 16.7. The molecule has 0 aromatic rings. The van der Waals surface area contributed by atoms with Crippen LogP contribution in [0.15, 0.2) is 0 Å². The molecule has 0 fully saturated rings. The molecule has 0 aliphatic heterocycles. The highest BCUT2D eigenvalue weighted by molar-refractivity contribution is 6.27. The van der Waals surface area contributed by atoms with Gasteiger partial charge in [-0.15, -0.1) is 0 Å². The van der Waals surface area contributed by atoms with Gasteiger partial charge in [0.15, 0.2) is 9.76 Å². The Hall–Kier alpha value is 0.0969. The van der Waals surface area contributed by atoms with E-state index in [1.807, 2.05) is 27.7 Å². The Morgan fingerprint density at radius 1 is 1.00 bits per heavy atom. The van der Waals surface area contributed by atoms with Crippen LogP contribution in [0, 0.1) is 0 Å². The van der Waals surface area contributed by atoms with E-state index in [2.05, 4.69) is 6.92 Å². The molecule has 0 rings (SSSR count). The van der Waals surface area contributed by atoms with Crippen LogP contribution in [0.3, 0.4) is 0 Å². The summed E-state index contributed by atoms with van der Waals surface area (Å²) in [4.78, 5) is 0. The first kappa shape index (κ1) is 15.1. The van der Waals surface area contributed by atoms with E-state index in [0.29, 0.717) is 0 Å². The molecule has 3 nitrogen and oxygen atoms in total. The predicted octanol–water partition coefficient (Wildman–Crippen LogP) is 2.44. The molecule has 0 aliphatic rings. The van der Waals surface area contributed by atoms with Gasteiger partial charge >= 0.3 is 0 Å². The lowest BCUT2D eigenvalue weighted by Crippen LogP contribution is -2.28. The molecule has 0 aliphatic carbocycles. The lowest BCUT2D eigenvalue weighted by molar-refractivity contribution is -0.275. The van der Waals surface area contributed by atoms with Gasteiger partial charge in [-0.05, 0) is 33.7 Å². The summed E-state index contributed by atoms with van der Waals surface area (Å²) in [6.07, 6.45) is 2.78. The number of hydrogen-bond donors (Lipinski definition) is 0. The van der Waals surface area contributed by atoms with Crippen molar-refractivity contribution in [3.63, 3.8) is 0 Å². The van der Waals surface area contributed by atoms with Gasteiger partial charge < -0.3 is 13.9 Å². The van der Waals surface area contributed by atoms with Crippen LogP contribution in [0.5, 0.6) is 0 Å². The Balaban J connectivity index is 3.69. The summed E-state index contributed by atoms with van der Waals surface area (Å²) in [6, 6.07) is 1.20. The van der Waals surface area contributed by atoms with Crippen LogP contribution in [0.1, 0.15) is 47.5 Å². The van der Waals surface area contributed by atoms with Crippen LogP contribution in [-0.2, 0) is 13.9 Å². The summed E-state index contributed by atoms with van der Waals surface area (Å²) >= 11 is 0. The molecule has 0 atom stereocenters. The molecule has 4 heteroatoms. The van der Waals surface area contributed by atoms with Crippen molar-refractivity contribution in [2.24, 2.45) is 0 Å². The molecule has 0 aromatic carbocycles. The van der Waals surface area contributed by atoms with E-state index in [9.17, 15) is 0 Å². The molecule has 92 valence electrons. The molecule has 0 amide bonds. The van der Waals surface area contributed by atoms with E-state index in [-0.39, 0.29) is 12.2 Å². The van der Waals surface area contributed by atoms with Gasteiger partial charge in [-0.25, -0.2) is 0 Å². The first-order chi connectivity index (χ1) is 7.06. The van der Waals surface area contributed by atoms with Gasteiger partial charge in [0.05, 0.1) is 12.2 Å². The number of unbranched alkanes of at least 4 members (excludes halogenated alkanes) is 1. The normalized spacial score (nSPS) is 12.8. The van der Waals surface area contributed by atoms with Crippen LogP contribution in [0.4, 0.5) is 0 Å². The average molecular weight is 234 g/mol. The van der Waals surface area contributed by atoms with Crippen LogP contribution < -0.4 is 0 Å². The molecule has 0 N–H and O–H groups in total. The monoisotopic (exact) mass is 234 g/mol. The smallest absolute Gasteiger partial charge is 0.262 e. The van der Waals surface area contributed by atoms with Crippen LogP contribution in [-0.4, -0.2) is 28.4 Å². The minimum absolute atomic E-state index is 0.147. The fraction of sp³-hybridized carbons (Fsp3) is 1.00. The molecular formula is C11H26O3Si. The van der Waals surface area contributed by atoms with Crippen LogP contribution in [0.25, 0.3) is 0 Å². The van der Waals surface area contributed by atoms with Gasteiger partial charge in [-0.2, -0.15) is 0 Å². The highest BCUT2D eigenvalue weighted by Crippen LogP contribution is 2.06. The van der Waals surface area contributed by atoms with Crippen molar-refractivity contribution in [3.8, 4) is 0 Å². The van der Waals surface area contributed by atoms with Crippen LogP contribution >= 0.6 is 0 Å². The Morgan fingerprint density at radius 2 is 1.53 bits per heavy atom. The quantitative estimate of drug-likeness (QED) is 0.348. The number of ether oxygens (including phenoxy) is 2. The van der Waals surface area contributed by atoms with Gasteiger partial charge in [0.2, 0.25) is 0 Å². The topological polar surface area (TPSA) is 27.7 Å². The minimum Gasteiger partial charge on any atom is -0.379 e. The maximum absolute atomic E-state index is 5.66. The average Bonchev–Trinajstić information content (AvgIpc) is 2.10. The van der Waals surface area contributed by atoms with E-state index in [4.69, 9.17) is 13.9 Å². The standard InChI is InChI=1S/C11H26O3Si/c1-6-7-8-15-14-11(12-9(2)3)13-10(4)5/h9-11H,6-8,15H2,1-5H3. The summed E-state index contributed by atoms with van der Waals surface area (Å²) in [5.74, 6) is 0. The van der Waals surface area contributed by atoms with Crippen molar-refractivity contribution in [1.29, 1.82) is 0 Å². The fourth-order valence-corrected chi connectivity index (χ4v) is 2.31. The van der Waals surface area contributed by atoms with Gasteiger partial charge in [0.25, 0.3) is 6.48 Å². The third kappa shape index (κ3) is 10.4. The summed E-state index contributed by atoms with van der Waals surface area (Å²) in [7, 11) is -0.483. The third-order valence-corrected chi connectivity index (χ3v) is 3.06. The van der Waals surface area contributed by atoms with Crippen molar-refractivity contribution in [3.05, 3.63) is 0 Å². The Kier molecular flexibility index (Phi) is 9.39. The second-order valence-corrected chi connectivity index (χ2v) is 5.68. The number of hydrogen-bond acceptors (Lipinski definition) is 3. The van der Waals surface area contributed by atoms with Gasteiger partial charge in [0.1, 0.15) is 0 Å². The van der Waals surface area contributed by atoms with E-state index < -0.39 is 16.2 Å². The Bertz CT molecular complexity index is 130. The number of rotatable bonds is 9. The zero-order valence-electron chi connectivity index (χ0n) is 10.8. The zero-order chi connectivity index (χ0) is 11.7. The fourth-order valence-electron chi connectivity index (χ4n) is 1.09. The second kappa shape index (κ2) is 9.33. The predicted molar refractivity (Wildman–Crippen MR) is 65.6 cm³/mol. The van der Waals surface area contributed by atoms with Gasteiger partial charge in [-0.3, -0.25) is 0 Å². The molecule has 0 heterocycles. The maximum atomic E-state index is 5.66. The highest BCUT2D eigenvalue weighted by atomic mass is 28.2.